The zero-order chi connectivity index (χ0) is 13.8. The number of rotatable bonds is 4. The summed E-state index contributed by atoms with van der Waals surface area (Å²) in [4.78, 5) is 18.2. The van der Waals surface area contributed by atoms with Gasteiger partial charge in [-0.3, -0.25) is 9.78 Å². The number of nitrogens with zero attached hydrogens (tertiary/aromatic N) is 2. The number of hydrogen-bond acceptors (Lipinski definition) is 4. The maximum atomic E-state index is 11.8. The van der Waals surface area contributed by atoms with Crippen LogP contribution >= 0.6 is 0 Å². The van der Waals surface area contributed by atoms with E-state index in [1.54, 1.807) is 13.2 Å². The lowest BCUT2D eigenvalue weighted by Gasteiger charge is -2.25. The third kappa shape index (κ3) is 2.87. The summed E-state index contributed by atoms with van der Waals surface area (Å²) in [6.07, 6.45) is 3.77. The van der Waals surface area contributed by atoms with Crippen molar-refractivity contribution >= 4 is 11.6 Å². The lowest BCUT2D eigenvalue weighted by Crippen LogP contribution is -2.42. The topological polar surface area (TPSA) is 65.5 Å². The lowest BCUT2D eigenvalue weighted by molar-refractivity contribution is -0.121. The van der Waals surface area contributed by atoms with E-state index in [-0.39, 0.29) is 11.9 Å². The molecule has 5 heteroatoms. The first kappa shape index (κ1) is 13.8. The number of carbonyl (C=O) groups excluding carboxylic acids is 1. The molecule has 1 aliphatic rings. The molecule has 1 amide bonds. The van der Waals surface area contributed by atoms with E-state index in [4.69, 9.17) is 0 Å². The Kier molecular flexibility index (Phi) is 4.37. The molecule has 19 heavy (non-hydrogen) atoms. The molecule has 1 fully saturated rings. The zero-order valence-electron chi connectivity index (χ0n) is 11.5. The maximum Gasteiger partial charge on any atom is 0.242 e. The number of aliphatic hydroxyl groups excluding tert-OH is 1. The Morgan fingerprint density at radius 3 is 3.00 bits per heavy atom. The van der Waals surface area contributed by atoms with Crippen LogP contribution in [0.4, 0.5) is 5.69 Å². The van der Waals surface area contributed by atoms with Crippen LogP contribution in [0.3, 0.4) is 0 Å². The molecule has 104 valence electrons. The van der Waals surface area contributed by atoms with Gasteiger partial charge in [0.1, 0.15) is 6.04 Å². The van der Waals surface area contributed by atoms with Gasteiger partial charge in [0.05, 0.1) is 23.7 Å². The summed E-state index contributed by atoms with van der Waals surface area (Å²) in [7, 11) is 1.66. The van der Waals surface area contributed by atoms with E-state index >= 15 is 0 Å². The highest BCUT2D eigenvalue weighted by Gasteiger charge is 2.30. The minimum Gasteiger partial charge on any atom is -0.387 e. The average Bonchev–Trinajstić information content (AvgIpc) is 2.95. The third-order valence-corrected chi connectivity index (χ3v) is 3.63. The molecule has 0 aromatic carbocycles. The van der Waals surface area contributed by atoms with Crippen molar-refractivity contribution in [1.82, 2.24) is 10.3 Å². The van der Waals surface area contributed by atoms with Gasteiger partial charge in [0.2, 0.25) is 5.91 Å². The number of pyridine rings is 1. The van der Waals surface area contributed by atoms with Crippen LogP contribution in [-0.4, -0.2) is 35.6 Å². The van der Waals surface area contributed by atoms with E-state index in [0.29, 0.717) is 12.1 Å². The van der Waals surface area contributed by atoms with Crippen molar-refractivity contribution in [2.24, 2.45) is 0 Å². The monoisotopic (exact) mass is 263 g/mol. The molecule has 1 unspecified atom stereocenters. The number of nitrogens with one attached hydrogen (secondary N) is 1. The molecule has 0 spiro atoms. The first-order chi connectivity index (χ1) is 9.17. The van der Waals surface area contributed by atoms with Gasteiger partial charge in [0.25, 0.3) is 0 Å². The van der Waals surface area contributed by atoms with Crippen LogP contribution in [0.15, 0.2) is 18.3 Å². The molecule has 1 aromatic heterocycles. The van der Waals surface area contributed by atoms with Gasteiger partial charge in [-0.1, -0.05) is 6.92 Å². The van der Waals surface area contributed by atoms with Crippen molar-refractivity contribution in [2.75, 3.05) is 18.5 Å². The van der Waals surface area contributed by atoms with Crippen molar-refractivity contribution < 1.29 is 9.90 Å². The van der Waals surface area contributed by atoms with Gasteiger partial charge < -0.3 is 15.3 Å². The average molecular weight is 263 g/mol. The van der Waals surface area contributed by atoms with Crippen LogP contribution in [0.2, 0.25) is 0 Å². The van der Waals surface area contributed by atoms with Crippen LogP contribution < -0.4 is 10.2 Å². The molecule has 0 bridgehead atoms. The second-order valence-corrected chi connectivity index (χ2v) is 4.83. The normalized spacial score (nSPS) is 20.4. The fourth-order valence-corrected chi connectivity index (χ4v) is 2.49. The highest BCUT2D eigenvalue weighted by Crippen LogP contribution is 2.26. The highest BCUT2D eigenvalue weighted by molar-refractivity contribution is 5.85. The highest BCUT2D eigenvalue weighted by atomic mass is 16.3. The van der Waals surface area contributed by atoms with Gasteiger partial charge in [-0.15, -0.1) is 0 Å². The number of aliphatic hydroxyl groups is 1. The SMILES string of the molecule is CC[C@H](O)c1ccc(N2CCCC2C(=O)NC)cn1. The van der Waals surface area contributed by atoms with Gasteiger partial charge in [-0.25, -0.2) is 0 Å². The standard InChI is InChI=1S/C14H21N3O2/c1-3-13(18)11-7-6-10(9-16-11)17-8-4-5-12(17)14(19)15-2/h6-7,9,12-13,18H,3-5,8H2,1-2H3,(H,15,19)/t12?,13-/m0/s1. The van der Waals surface area contributed by atoms with Gasteiger partial charge in [-0.2, -0.15) is 0 Å². The van der Waals surface area contributed by atoms with Crippen molar-refractivity contribution in [3.05, 3.63) is 24.0 Å². The van der Waals surface area contributed by atoms with E-state index in [9.17, 15) is 9.90 Å². The molecule has 1 saturated heterocycles. The summed E-state index contributed by atoms with van der Waals surface area (Å²) >= 11 is 0. The largest absolute Gasteiger partial charge is 0.387 e. The van der Waals surface area contributed by atoms with E-state index in [2.05, 4.69) is 15.2 Å². The number of amides is 1. The fourth-order valence-electron chi connectivity index (χ4n) is 2.49. The van der Waals surface area contributed by atoms with Crippen molar-refractivity contribution in [1.29, 1.82) is 0 Å². The molecule has 2 heterocycles. The maximum absolute atomic E-state index is 11.8. The molecular weight excluding hydrogens is 242 g/mol. The Labute approximate surface area is 113 Å². The second kappa shape index (κ2) is 6.02. The Hall–Kier alpha value is -1.62. The number of hydrogen-bond donors (Lipinski definition) is 2. The van der Waals surface area contributed by atoms with E-state index in [0.717, 1.165) is 25.1 Å². The predicted octanol–water partition coefficient (Wildman–Crippen LogP) is 1.24. The molecule has 2 N–H and O–H groups in total. The zero-order valence-corrected chi connectivity index (χ0v) is 11.5. The van der Waals surface area contributed by atoms with Crippen LogP contribution in [0.5, 0.6) is 0 Å². The molecule has 1 aliphatic heterocycles. The molecule has 0 aliphatic carbocycles. The van der Waals surface area contributed by atoms with Crippen molar-refractivity contribution in [3.8, 4) is 0 Å². The fraction of sp³-hybridized carbons (Fsp3) is 0.571. The number of aromatic nitrogens is 1. The van der Waals surface area contributed by atoms with Crippen LogP contribution in [0, 0.1) is 0 Å². The molecule has 1 aromatic rings. The second-order valence-electron chi connectivity index (χ2n) is 4.83. The van der Waals surface area contributed by atoms with Gasteiger partial charge >= 0.3 is 0 Å². The molecule has 0 saturated carbocycles. The number of anilines is 1. The van der Waals surface area contributed by atoms with Crippen molar-refractivity contribution in [3.63, 3.8) is 0 Å². The van der Waals surface area contributed by atoms with Crippen LogP contribution in [0.1, 0.15) is 38.0 Å². The summed E-state index contributed by atoms with van der Waals surface area (Å²) in [5, 5.41) is 12.4. The number of likely N-dealkylation sites (N-methyl/N-ethyl adjacent to an activating group) is 1. The minimum atomic E-state index is -0.512. The molecule has 5 nitrogen and oxygen atoms in total. The summed E-state index contributed by atoms with van der Waals surface area (Å²) < 4.78 is 0. The van der Waals surface area contributed by atoms with Crippen LogP contribution in [0.25, 0.3) is 0 Å². The predicted molar refractivity (Wildman–Crippen MR) is 73.9 cm³/mol. The Balaban J connectivity index is 2.15. The summed E-state index contributed by atoms with van der Waals surface area (Å²) in [5.41, 5.74) is 1.63. The van der Waals surface area contributed by atoms with E-state index in [1.165, 1.54) is 0 Å². The summed E-state index contributed by atoms with van der Waals surface area (Å²) in [6.45, 7) is 2.79. The van der Waals surface area contributed by atoms with Gasteiger partial charge in [0.15, 0.2) is 0 Å². The first-order valence-electron chi connectivity index (χ1n) is 6.79. The lowest BCUT2D eigenvalue weighted by atomic mass is 10.1. The molecule has 0 radical (unpaired) electrons. The molecular formula is C14H21N3O2. The number of carbonyl (C=O) groups is 1. The quantitative estimate of drug-likeness (QED) is 0.858. The first-order valence-corrected chi connectivity index (χ1v) is 6.79. The Morgan fingerprint density at radius 2 is 2.42 bits per heavy atom. The molecule has 2 atom stereocenters. The summed E-state index contributed by atoms with van der Waals surface area (Å²) in [5.74, 6) is 0.0511. The van der Waals surface area contributed by atoms with Crippen molar-refractivity contribution in [2.45, 2.75) is 38.3 Å². The third-order valence-electron chi connectivity index (χ3n) is 3.63. The van der Waals surface area contributed by atoms with Gasteiger partial charge in [0, 0.05) is 13.6 Å². The smallest absolute Gasteiger partial charge is 0.242 e. The Bertz CT molecular complexity index is 433. The van der Waals surface area contributed by atoms with E-state index < -0.39 is 6.10 Å². The minimum absolute atomic E-state index is 0.0511. The molecule has 2 rings (SSSR count). The van der Waals surface area contributed by atoms with E-state index in [1.807, 2.05) is 19.1 Å². The Morgan fingerprint density at radius 1 is 1.63 bits per heavy atom. The summed E-state index contributed by atoms with van der Waals surface area (Å²) in [6, 6.07) is 3.67. The van der Waals surface area contributed by atoms with Gasteiger partial charge in [-0.05, 0) is 31.4 Å². The van der Waals surface area contributed by atoms with Crippen LogP contribution in [-0.2, 0) is 4.79 Å².